The van der Waals surface area contributed by atoms with Crippen LogP contribution in [0.5, 0.6) is 0 Å². The highest BCUT2D eigenvalue weighted by Gasteiger charge is 2.13. The lowest BCUT2D eigenvalue weighted by molar-refractivity contribution is -0.136. The van der Waals surface area contributed by atoms with Crippen molar-refractivity contribution in [1.82, 2.24) is 0 Å². The van der Waals surface area contributed by atoms with Gasteiger partial charge in [0.25, 0.3) is 0 Å². The SMILES string of the molecule is O=C(O)CN(CC(=O)O)c1ccc(Cl)cc1. The summed E-state index contributed by atoms with van der Waals surface area (Å²) in [6.07, 6.45) is 0. The molecule has 6 heteroatoms. The topological polar surface area (TPSA) is 77.8 Å². The van der Waals surface area contributed by atoms with Crippen LogP contribution in [-0.2, 0) is 9.59 Å². The molecule has 0 spiro atoms. The fourth-order valence-electron chi connectivity index (χ4n) is 1.22. The quantitative estimate of drug-likeness (QED) is 0.815. The van der Waals surface area contributed by atoms with Crippen molar-refractivity contribution in [3.63, 3.8) is 0 Å². The first kappa shape index (κ1) is 12.3. The molecule has 5 nitrogen and oxygen atoms in total. The third kappa shape index (κ3) is 3.78. The van der Waals surface area contributed by atoms with Crippen molar-refractivity contribution in [3.8, 4) is 0 Å². The van der Waals surface area contributed by atoms with Crippen LogP contribution in [0.3, 0.4) is 0 Å². The smallest absolute Gasteiger partial charge is 0.323 e. The molecular formula is C10H10ClNO4. The summed E-state index contributed by atoms with van der Waals surface area (Å²) in [6, 6.07) is 6.31. The molecule has 0 unspecified atom stereocenters. The third-order valence-electron chi connectivity index (χ3n) is 1.84. The molecule has 0 aliphatic rings. The Hall–Kier alpha value is -1.75. The maximum Gasteiger partial charge on any atom is 0.323 e. The third-order valence-corrected chi connectivity index (χ3v) is 2.10. The van der Waals surface area contributed by atoms with Crippen LogP contribution in [0.1, 0.15) is 0 Å². The summed E-state index contributed by atoms with van der Waals surface area (Å²) in [5.41, 5.74) is 0.509. The number of anilines is 1. The van der Waals surface area contributed by atoms with Crippen molar-refractivity contribution in [2.75, 3.05) is 18.0 Å². The minimum absolute atomic E-state index is 0.367. The summed E-state index contributed by atoms with van der Waals surface area (Å²) in [6.45, 7) is -0.734. The molecule has 0 saturated heterocycles. The van der Waals surface area contributed by atoms with Crippen LogP contribution in [0.25, 0.3) is 0 Å². The number of hydrogen-bond donors (Lipinski definition) is 2. The van der Waals surface area contributed by atoms with Gasteiger partial charge in [-0.1, -0.05) is 11.6 Å². The van der Waals surface area contributed by atoms with Crippen molar-refractivity contribution in [2.24, 2.45) is 0 Å². The number of nitrogens with zero attached hydrogens (tertiary/aromatic N) is 1. The Labute approximate surface area is 96.9 Å². The number of halogens is 1. The van der Waals surface area contributed by atoms with Gasteiger partial charge in [0.15, 0.2) is 0 Å². The molecule has 0 bridgehead atoms. The van der Waals surface area contributed by atoms with E-state index < -0.39 is 11.9 Å². The van der Waals surface area contributed by atoms with Crippen LogP contribution in [0.4, 0.5) is 5.69 Å². The van der Waals surface area contributed by atoms with E-state index in [1.807, 2.05) is 0 Å². The molecule has 0 saturated carbocycles. The summed E-state index contributed by atoms with van der Waals surface area (Å²) in [4.78, 5) is 22.4. The van der Waals surface area contributed by atoms with Crippen molar-refractivity contribution >= 4 is 29.2 Å². The number of aliphatic carboxylic acids is 2. The largest absolute Gasteiger partial charge is 0.480 e. The Morgan fingerprint density at radius 3 is 1.88 bits per heavy atom. The van der Waals surface area contributed by atoms with Crippen molar-refractivity contribution < 1.29 is 19.8 Å². The van der Waals surface area contributed by atoms with Crippen LogP contribution >= 0.6 is 11.6 Å². The Kier molecular flexibility index (Phi) is 4.13. The zero-order chi connectivity index (χ0) is 12.1. The van der Waals surface area contributed by atoms with Crippen LogP contribution in [0, 0.1) is 0 Å². The normalized spacial score (nSPS) is 9.81. The summed E-state index contributed by atoms with van der Waals surface area (Å²) >= 11 is 5.68. The van der Waals surface area contributed by atoms with Gasteiger partial charge in [0, 0.05) is 10.7 Å². The minimum Gasteiger partial charge on any atom is -0.480 e. The second-order valence-corrected chi connectivity index (χ2v) is 3.56. The second kappa shape index (κ2) is 5.37. The molecule has 0 aliphatic carbocycles. The van der Waals surface area contributed by atoms with E-state index in [2.05, 4.69) is 0 Å². The van der Waals surface area contributed by atoms with E-state index in [0.717, 1.165) is 0 Å². The lowest BCUT2D eigenvalue weighted by Crippen LogP contribution is -2.34. The Morgan fingerprint density at radius 2 is 1.50 bits per heavy atom. The van der Waals surface area contributed by atoms with Gasteiger partial charge in [-0.05, 0) is 24.3 Å². The van der Waals surface area contributed by atoms with Crippen molar-refractivity contribution in [3.05, 3.63) is 29.3 Å². The van der Waals surface area contributed by atoms with E-state index in [-0.39, 0.29) is 13.1 Å². The number of carboxylic acid groups (broad SMARTS) is 2. The Morgan fingerprint density at radius 1 is 1.06 bits per heavy atom. The first-order chi connectivity index (χ1) is 7.49. The van der Waals surface area contributed by atoms with Gasteiger partial charge in [0.1, 0.15) is 13.1 Å². The molecule has 86 valence electrons. The highest BCUT2D eigenvalue weighted by atomic mass is 35.5. The van der Waals surface area contributed by atoms with Gasteiger partial charge in [-0.25, -0.2) is 0 Å². The summed E-state index contributed by atoms with van der Waals surface area (Å²) in [5.74, 6) is -2.17. The number of benzene rings is 1. The molecule has 0 radical (unpaired) electrons. The fraction of sp³-hybridized carbons (Fsp3) is 0.200. The average molecular weight is 244 g/mol. The molecule has 0 atom stereocenters. The zero-order valence-corrected chi connectivity index (χ0v) is 9.02. The highest BCUT2D eigenvalue weighted by Crippen LogP contribution is 2.17. The van der Waals surface area contributed by atoms with Gasteiger partial charge in [-0.15, -0.1) is 0 Å². The van der Waals surface area contributed by atoms with E-state index in [9.17, 15) is 9.59 Å². The van der Waals surface area contributed by atoms with Gasteiger partial charge in [0.2, 0.25) is 0 Å². The van der Waals surface area contributed by atoms with E-state index in [1.54, 1.807) is 24.3 Å². The number of carbonyl (C=O) groups is 2. The van der Waals surface area contributed by atoms with E-state index in [4.69, 9.17) is 21.8 Å². The number of rotatable bonds is 5. The molecule has 0 fully saturated rings. The molecule has 0 aliphatic heterocycles. The second-order valence-electron chi connectivity index (χ2n) is 3.12. The van der Waals surface area contributed by atoms with E-state index in [1.165, 1.54) is 4.90 Å². The molecule has 1 aromatic carbocycles. The monoisotopic (exact) mass is 243 g/mol. The van der Waals surface area contributed by atoms with Crippen molar-refractivity contribution in [1.29, 1.82) is 0 Å². The van der Waals surface area contributed by atoms with Crippen LogP contribution in [0.15, 0.2) is 24.3 Å². The van der Waals surface area contributed by atoms with E-state index >= 15 is 0 Å². The minimum atomic E-state index is -1.09. The first-order valence-corrected chi connectivity index (χ1v) is 4.81. The molecule has 0 amide bonds. The summed E-state index contributed by atoms with van der Waals surface area (Å²) in [5, 5.41) is 17.8. The fourth-order valence-corrected chi connectivity index (χ4v) is 1.34. The lowest BCUT2D eigenvalue weighted by atomic mass is 10.3. The maximum atomic E-state index is 10.6. The Balaban J connectivity index is 2.86. The molecule has 1 aromatic rings. The van der Waals surface area contributed by atoms with Gasteiger partial charge >= 0.3 is 11.9 Å². The molecule has 16 heavy (non-hydrogen) atoms. The molecule has 1 rings (SSSR count). The van der Waals surface area contributed by atoms with Crippen LogP contribution in [0.2, 0.25) is 5.02 Å². The predicted octanol–water partition coefficient (Wildman–Crippen LogP) is 1.32. The standard InChI is InChI=1S/C10H10ClNO4/c11-7-1-3-8(4-2-7)12(5-9(13)14)6-10(15)16/h1-4H,5-6H2,(H,13,14)(H,15,16). The first-order valence-electron chi connectivity index (χ1n) is 4.43. The van der Waals surface area contributed by atoms with Gasteiger partial charge in [-0.2, -0.15) is 0 Å². The summed E-state index contributed by atoms with van der Waals surface area (Å²) < 4.78 is 0. The van der Waals surface area contributed by atoms with Gasteiger partial charge in [-0.3, -0.25) is 9.59 Å². The molecular weight excluding hydrogens is 234 g/mol. The Bertz CT molecular complexity index is 374. The predicted molar refractivity (Wildman–Crippen MR) is 58.9 cm³/mol. The van der Waals surface area contributed by atoms with Crippen LogP contribution in [-0.4, -0.2) is 35.2 Å². The zero-order valence-electron chi connectivity index (χ0n) is 8.26. The molecule has 0 aromatic heterocycles. The maximum absolute atomic E-state index is 10.6. The van der Waals surface area contributed by atoms with Gasteiger partial charge in [0.05, 0.1) is 0 Å². The van der Waals surface area contributed by atoms with E-state index in [0.29, 0.717) is 10.7 Å². The highest BCUT2D eigenvalue weighted by molar-refractivity contribution is 6.30. The lowest BCUT2D eigenvalue weighted by Gasteiger charge is -2.20. The number of carboxylic acids is 2. The molecule has 2 N–H and O–H groups in total. The number of hydrogen-bond acceptors (Lipinski definition) is 3. The summed E-state index contributed by atoms with van der Waals surface area (Å²) in [7, 11) is 0. The van der Waals surface area contributed by atoms with Gasteiger partial charge < -0.3 is 15.1 Å². The van der Waals surface area contributed by atoms with Crippen molar-refractivity contribution in [2.45, 2.75) is 0 Å². The van der Waals surface area contributed by atoms with Crippen LogP contribution < -0.4 is 4.90 Å². The average Bonchev–Trinajstić information content (AvgIpc) is 2.16. The molecule has 0 heterocycles.